The van der Waals surface area contributed by atoms with Gasteiger partial charge in [0.1, 0.15) is 0 Å². The van der Waals surface area contributed by atoms with Crippen LogP contribution < -0.4 is 16.4 Å². The number of hydrogen-bond donors (Lipinski definition) is 3. The number of allylic oxidation sites excluding steroid dienone is 5. The van der Waals surface area contributed by atoms with Gasteiger partial charge in [-0.15, -0.1) is 0 Å². The van der Waals surface area contributed by atoms with Crippen LogP contribution in [0.4, 0.5) is 0 Å². The lowest BCUT2D eigenvalue weighted by Crippen LogP contribution is -2.48. The number of ether oxygens (including phenoxy) is 2. The normalized spacial score (nSPS) is 22.3. The Balaban J connectivity index is 1.70. The molecular formula is C22H32Cl2N4O4S. The van der Waals surface area contributed by atoms with Crippen LogP contribution in [0.5, 0.6) is 0 Å². The smallest absolute Gasteiger partial charge is 0.311 e. The Labute approximate surface area is 209 Å². The van der Waals surface area contributed by atoms with Gasteiger partial charge in [0.25, 0.3) is 0 Å². The molecule has 11 heteroatoms. The summed E-state index contributed by atoms with van der Waals surface area (Å²) < 4.78 is 10.4. The molecule has 0 spiro atoms. The number of halogens is 2. The number of carbonyl (C=O) groups excluding carboxylic acids is 2. The maximum Gasteiger partial charge on any atom is 0.311 e. The van der Waals surface area contributed by atoms with Crippen LogP contribution in [0.25, 0.3) is 0 Å². The zero-order valence-electron chi connectivity index (χ0n) is 18.9. The van der Waals surface area contributed by atoms with E-state index in [1.54, 1.807) is 19.2 Å². The summed E-state index contributed by atoms with van der Waals surface area (Å²) >= 11 is 13.4. The molecule has 1 heterocycles. The summed E-state index contributed by atoms with van der Waals surface area (Å²) in [6, 6.07) is 0. The number of rotatable bonds is 11. The minimum absolute atomic E-state index is 0.0674. The molecule has 2 aliphatic rings. The predicted octanol–water partition coefficient (Wildman–Crippen LogP) is 2.27. The highest BCUT2D eigenvalue weighted by Gasteiger charge is 2.24. The van der Waals surface area contributed by atoms with E-state index in [1.807, 2.05) is 12.2 Å². The first-order chi connectivity index (χ1) is 15.8. The minimum Gasteiger partial charge on any atom is -0.469 e. The highest BCUT2D eigenvalue weighted by Crippen LogP contribution is 2.29. The number of nitrogens with one attached hydrogen (secondary N) is 2. The molecule has 0 aromatic rings. The average Bonchev–Trinajstić information content (AvgIpc) is 2.81. The molecule has 4 N–H and O–H groups in total. The van der Waals surface area contributed by atoms with Crippen LogP contribution in [-0.4, -0.2) is 75.6 Å². The van der Waals surface area contributed by atoms with Crippen LogP contribution in [0, 0.1) is 5.92 Å². The van der Waals surface area contributed by atoms with Gasteiger partial charge in [-0.2, -0.15) is 0 Å². The first-order valence-electron chi connectivity index (χ1n) is 10.7. The van der Waals surface area contributed by atoms with Gasteiger partial charge in [0.2, 0.25) is 5.91 Å². The Hall–Kier alpha value is -1.65. The van der Waals surface area contributed by atoms with Crippen LogP contribution in [0.1, 0.15) is 12.8 Å². The van der Waals surface area contributed by atoms with Crippen LogP contribution in [0.3, 0.4) is 0 Å². The summed E-state index contributed by atoms with van der Waals surface area (Å²) in [4.78, 5) is 25.9. The molecule has 0 bridgehead atoms. The van der Waals surface area contributed by atoms with Crippen LogP contribution >= 0.6 is 35.0 Å². The van der Waals surface area contributed by atoms with Gasteiger partial charge < -0.3 is 25.8 Å². The van der Waals surface area contributed by atoms with E-state index in [0.717, 1.165) is 26.1 Å². The van der Waals surface area contributed by atoms with Gasteiger partial charge in [0.05, 0.1) is 47.1 Å². The lowest BCUT2D eigenvalue weighted by Gasteiger charge is -2.35. The summed E-state index contributed by atoms with van der Waals surface area (Å²) in [5.74, 6) is 0.0471. The molecular weight excluding hydrogens is 487 g/mol. The summed E-state index contributed by atoms with van der Waals surface area (Å²) in [6.07, 6.45) is 8.24. The number of methoxy groups -OCH3 is 1. The van der Waals surface area contributed by atoms with Crippen molar-refractivity contribution in [2.45, 2.75) is 18.9 Å². The molecule has 1 saturated heterocycles. The average molecular weight is 519 g/mol. The second-order valence-corrected chi connectivity index (χ2v) is 9.53. The number of esters is 1. The van der Waals surface area contributed by atoms with Gasteiger partial charge in [-0.3, -0.25) is 14.5 Å². The fourth-order valence-corrected chi connectivity index (χ4v) is 4.32. The number of carbonyl (C=O) groups is 2. The van der Waals surface area contributed by atoms with E-state index in [0.29, 0.717) is 39.9 Å². The van der Waals surface area contributed by atoms with Gasteiger partial charge in [-0.25, -0.2) is 0 Å². The molecule has 0 aromatic carbocycles. The summed E-state index contributed by atoms with van der Waals surface area (Å²) in [5.41, 5.74) is 6.62. The van der Waals surface area contributed by atoms with Gasteiger partial charge in [0, 0.05) is 38.9 Å². The van der Waals surface area contributed by atoms with Crippen LogP contribution in [0.15, 0.2) is 45.1 Å². The molecule has 184 valence electrons. The third-order valence-electron chi connectivity index (χ3n) is 5.15. The summed E-state index contributed by atoms with van der Waals surface area (Å²) in [7, 11) is 3.05. The number of morpholine rings is 1. The second kappa shape index (κ2) is 14.6. The van der Waals surface area contributed by atoms with Gasteiger partial charge >= 0.3 is 5.97 Å². The Morgan fingerprint density at radius 3 is 2.85 bits per heavy atom. The Morgan fingerprint density at radius 2 is 2.15 bits per heavy atom. The van der Waals surface area contributed by atoms with E-state index < -0.39 is 0 Å². The highest BCUT2D eigenvalue weighted by atomic mass is 35.5. The molecule has 0 saturated carbocycles. The zero-order valence-corrected chi connectivity index (χ0v) is 21.3. The molecule has 1 aliphatic carbocycles. The molecule has 1 fully saturated rings. The van der Waals surface area contributed by atoms with Gasteiger partial charge in [0.15, 0.2) is 0 Å². The van der Waals surface area contributed by atoms with Crippen molar-refractivity contribution in [2.24, 2.45) is 11.7 Å². The quantitative estimate of drug-likeness (QED) is 0.282. The molecule has 2 rings (SSSR count). The minimum atomic E-state index is -0.349. The van der Waals surface area contributed by atoms with Crippen LogP contribution in [-0.2, 0) is 19.1 Å². The monoisotopic (exact) mass is 518 g/mol. The number of nitrogens with zero attached hydrogens (tertiary/aromatic N) is 1. The van der Waals surface area contributed by atoms with E-state index in [9.17, 15) is 9.59 Å². The van der Waals surface area contributed by atoms with E-state index in [2.05, 4.69) is 20.3 Å². The molecule has 2 atom stereocenters. The Kier molecular flexibility index (Phi) is 12.2. The molecule has 0 radical (unpaired) electrons. The lowest BCUT2D eigenvalue weighted by atomic mass is 9.99. The Bertz CT molecular complexity index is 816. The largest absolute Gasteiger partial charge is 0.469 e. The van der Waals surface area contributed by atoms with Crippen molar-refractivity contribution in [3.8, 4) is 0 Å². The molecule has 8 nitrogen and oxygen atoms in total. The zero-order chi connectivity index (χ0) is 24.2. The predicted molar refractivity (Wildman–Crippen MR) is 134 cm³/mol. The third-order valence-corrected chi connectivity index (χ3v) is 6.81. The van der Waals surface area contributed by atoms with Gasteiger partial charge in [-0.05, 0) is 24.5 Å². The second-order valence-electron chi connectivity index (χ2n) is 7.67. The van der Waals surface area contributed by atoms with E-state index in [4.69, 9.17) is 33.7 Å². The maximum absolute atomic E-state index is 12.2. The van der Waals surface area contributed by atoms with Crippen molar-refractivity contribution >= 4 is 46.8 Å². The van der Waals surface area contributed by atoms with Crippen LogP contribution in [0.2, 0.25) is 0 Å². The fourth-order valence-electron chi connectivity index (χ4n) is 3.35. The lowest BCUT2D eigenvalue weighted by molar-refractivity contribution is -0.139. The fraction of sp³-hybridized carbons (Fsp3) is 0.545. The standard InChI is InChI=1S/C22H32Cl2N4O4S/c1-26-16(10-22(30)31-2)4-6-20(25)33-14-21(29)27-11-17-13-28(7-8-32-17)12-15-3-5-18(23)19(24)9-15/h4-6,9,15,17,26H,3,7-8,10-14,25H2,1-2H3,(H,27,29)/b16-4-,20-6+/t15?,17-/m0/s1. The molecule has 1 amide bonds. The number of hydrogen-bond acceptors (Lipinski definition) is 8. The van der Waals surface area contributed by atoms with Crippen molar-refractivity contribution in [1.82, 2.24) is 15.5 Å². The summed E-state index contributed by atoms with van der Waals surface area (Å²) in [6.45, 7) is 3.53. The molecule has 1 aliphatic heterocycles. The van der Waals surface area contributed by atoms with Crippen molar-refractivity contribution in [1.29, 1.82) is 0 Å². The van der Waals surface area contributed by atoms with E-state index >= 15 is 0 Å². The van der Waals surface area contributed by atoms with Crippen molar-refractivity contribution < 1.29 is 19.1 Å². The number of nitrogens with two attached hydrogens (primary N) is 1. The van der Waals surface area contributed by atoms with E-state index in [-0.39, 0.29) is 30.2 Å². The first kappa shape index (κ1) is 27.6. The third kappa shape index (κ3) is 10.4. The summed E-state index contributed by atoms with van der Waals surface area (Å²) in [5, 5.41) is 7.52. The molecule has 1 unspecified atom stereocenters. The number of thioether (sulfide) groups is 1. The topological polar surface area (TPSA) is 106 Å². The van der Waals surface area contributed by atoms with Crippen molar-refractivity contribution in [3.05, 3.63) is 45.1 Å². The van der Waals surface area contributed by atoms with E-state index in [1.165, 1.54) is 18.9 Å². The highest BCUT2D eigenvalue weighted by molar-refractivity contribution is 8.03. The molecule has 33 heavy (non-hydrogen) atoms. The van der Waals surface area contributed by atoms with Gasteiger partial charge in [-0.1, -0.05) is 47.1 Å². The SMILES string of the molecule is CN/C(=C\C=C(/N)SCC(=O)NC[C@H]1CN(CC2C=C(Cl)C(Cl)=CC2)CCO1)CC(=O)OC. The Morgan fingerprint density at radius 1 is 1.36 bits per heavy atom. The maximum atomic E-state index is 12.2. The first-order valence-corrected chi connectivity index (χ1v) is 12.4. The number of amides is 1. The van der Waals surface area contributed by atoms with Crippen molar-refractivity contribution in [2.75, 3.05) is 52.7 Å². The van der Waals surface area contributed by atoms with Crippen molar-refractivity contribution in [3.63, 3.8) is 0 Å². The molecule has 0 aromatic heterocycles.